The first-order valence-electron chi connectivity index (χ1n) is 7.50. The number of nitrogens with one attached hydrogen (secondary N) is 1. The van der Waals surface area contributed by atoms with Crippen LogP contribution in [-0.4, -0.2) is 21.2 Å². The predicted octanol–water partition coefficient (Wildman–Crippen LogP) is 3.75. The lowest BCUT2D eigenvalue weighted by Gasteiger charge is -2.16. The van der Waals surface area contributed by atoms with Gasteiger partial charge in [-0.2, -0.15) is 5.10 Å². The molecule has 0 aliphatic carbocycles. The van der Waals surface area contributed by atoms with Crippen molar-refractivity contribution in [3.8, 4) is 0 Å². The Hall–Kier alpha value is -1.59. The van der Waals surface area contributed by atoms with Crippen LogP contribution in [0, 0.1) is 23.0 Å². The zero-order valence-corrected chi connectivity index (χ0v) is 13.0. The van der Waals surface area contributed by atoms with Gasteiger partial charge >= 0.3 is 5.69 Å². The number of unbranched alkanes of at least 4 members (excludes halogenated alkanes) is 1. The van der Waals surface area contributed by atoms with Gasteiger partial charge in [0.25, 0.3) is 0 Å². The summed E-state index contributed by atoms with van der Waals surface area (Å²) in [5.74, 6) is 1.10. The van der Waals surface area contributed by atoms with Crippen molar-refractivity contribution in [1.82, 2.24) is 9.78 Å². The maximum atomic E-state index is 11.2. The third-order valence-electron chi connectivity index (χ3n) is 3.68. The molecule has 0 fully saturated rings. The Bertz CT molecular complexity index is 443. The molecule has 1 aromatic rings. The van der Waals surface area contributed by atoms with Gasteiger partial charge < -0.3 is 5.32 Å². The Morgan fingerprint density at radius 2 is 2.10 bits per heavy atom. The van der Waals surface area contributed by atoms with Crippen LogP contribution in [0.2, 0.25) is 0 Å². The lowest BCUT2D eigenvalue weighted by molar-refractivity contribution is -0.384. The molecule has 1 N–H and O–H groups in total. The highest BCUT2D eigenvalue weighted by atomic mass is 16.6. The number of nitrogens with zero attached hydrogens (tertiary/aromatic N) is 3. The molecule has 0 radical (unpaired) electrons. The van der Waals surface area contributed by atoms with Crippen molar-refractivity contribution >= 4 is 11.5 Å². The SMILES string of the molecule is CCCCC(CC)CNc1c([N+](=O)[O-])c(C)nn1CC. The number of hydrogen-bond acceptors (Lipinski definition) is 4. The number of nitro groups is 1. The van der Waals surface area contributed by atoms with Crippen LogP contribution >= 0.6 is 0 Å². The summed E-state index contributed by atoms with van der Waals surface area (Å²) in [6.07, 6.45) is 4.63. The second-order valence-corrected chi connectivity index (χ2v) is 5.15. The average Bonchev–Trinajstić information content (AvgIpc) is 2.75. The summed E-state index contributed by atoms with van der Waals surface area (Å²) < 4.78 is 1.68. The van der Waals surface area contributed by atoms with Gasteiger partial charge in [0.05, 0.1) is 4.92 Å². The topological polar surface area (TPSA) is 73.0 Å². The Morgan fingerprint density at radius 3 is 2.60 bits per heavy atom. The van der Waals surface area contributed by atoms with Crippen molar-refractivity contribution < 1.29 is 4.92 Å². The van der Waals surface area contributed by atoms with Crippen molar-refractivity contribution in [1.29, 1.82) is 0 Å². The van der Waals surface area contributed by atoms with Crippen LogP contribution in [-0.2, 0) is 6.54 Å². The van der Waals surface area contributed by atoms with Crippen LogP contribution in [0.5, 0.6) is 0 Å². The second kappa shape index (κ2) is 7.87. The molecule has 0 aromatic carbocycles. The molecule has 0 saturated heterocycles. The summed E-state index contributed by atoms with van der Waals surface area (Å²) >= 11 is 0. The predicted molar refractivity (Wildman–Crippen MR) is 81.1 cm³/mol. The molecule has 114 valence electrons. The normalized spacial score (nSPS) is 12.4. The summed E-state index contributed by atoms with van der Waals surface area (Å²) in [6, 6.07) is 0. The van der Waals surface area contributed by atoms with E-state index in [2.05, 4.69) is 24.3 Å². The molecule has 1 heterocycles. The molecule has 20 heavy (non-hydrogen) atoms. The lowest BCUT2D eigenvalue weighted by atomic mass is 9.99. The van der Waals surface area contributed by atoms with E-state index >= 15 is 0 Å². The van der Waals surface area contributed by atoms with E-state index in [-0.39, 0.29) is 10.6 Å². The molecule has 0 aliphatic heterocycles. The van der Waals surface area contributed by atoms with E-state index < -0.39 is 0 Å². The third kappa shape index (κ3) is 3.95. The van der Waals surface area contributed by atoms with Crippen LogP contribution in [0.1, 0.15) is 52.1 Å². The highest BCUT2D eigenvalue weighted by molar-refractivity contribution is 5.59. The Morgan fingerprint density at radius 1 is 1.40 bits per heavy atom. The molecule has 6 nitrogen and oxygen atoms in total. The summed E-state index contributed by atoms with van der Waals surface area (Å²) in [6.45, 7) is 9.37. The fourth-order valence-electron chi connectivity index (χ4n) is 2.38. The van der Waals surface area contributed by atoms with Crippen molar-refractivity contribution in [3.05, 3.63) is 15.8 Å². The van der Waals surface area contributed by atoms with Crippen molar-refractivity contribution in [2.45, 2.75) is 59.9 Å². The van der Waals surface area contributed by atoms with E-state index in [4.69, 9.17) is 0 Å². The van der Waals surface area contributed by atoms with Gasteiger partial charge in [0.2, 0.25) is 5.82 Å². The van der Waals surface area contributed by atoms with Gasteiger partial charge in [0, 0.05) is 13.1 Å². The van der Waals surface area contributed by atoms with Crippen LogP contribution < -0.4 is 5.32 Å². The van der Waals surface area contributed by atoms with Gasteiger partial charge in [0.15, 0.2) is 0 Å². The van der Waals surface area contributed by atoms with Crippen molar-refractivity contribution in [2.75, 3.05) is 11.9 Å². The second-order valence-electron chi connectivity index (χ2n) is 5.15. The molecule has 0 saturated carbocycles. The molecule has 0 amide bonds. The van der Waals surface area contributed by atoms with Crippen molar-refractivity contribution in [2.24, 2.45) is 5.92 Å². The summed E-state index contributed by atoms with van der Waals surface area (Å²) in [5.41, 5.74) is 0.582. The molecule has 1 rings (SSSR count). The van der Waals surface area contributed by atoms with E-state index in [1.165, 1.54) is 12.8 Å². The monoisotopic (exact) mass is 282 g/mol. The first-order chi connectivity index (χ1) is 9.54. The Labute approximate surface area is 120 Å². The number of rotatable bonds is 9. The highest BCUT2D eigenvalue weighted by Crippen LogP contribution is 2.28. The zero-order chi connectivity index (χ0) is 15.1. The summed E-state index contributed by atoms with van der Waals surface area (Å²) in [5, 5.41) is 18.7. The molecule has 0 aliphatic rings. The number of aryl methyl sites for hydroxylation is 2. The van der Waals surface area contributed by atoms with Crippen LogP contribution in [0.15, 0.2) is 0 Å². The first-order valence-corrected chi connectivity index (χ1v) is 7.50. The highest BCUT2D eigenvalue weighted by Gasteiger charge is 2.24. The van der Waals surface area contributed by atoms with Gasteiger partial charge in [-0.15, -0.1) is 0 Å². The van der Waals surface area contributed by atoms with E-state index in [1.807, 2.05) is 6.92 Å². The van der Waals surface area contributed by atoms with Crippen LogP contribution in [0.3, 0.4) is 0 Å². The number of aromatic nitrogens is 2. The smallest absolute Gasteiger partial charge is 0.333 e. The fraction of sp³-hybridized carbons (Fsp3) is 0.786. The molecule has 1 aromatic heterocycles. The van der Waals surface area contributed by atoms with Crippen LogP contribution in [0.4, 0.5) is 11.5 Å². The largest absolute Gasteiger partial charge is 0.364 e. The summed E-state index contributed by atoms with van der Waals surface area (Å²) in [7, 11) is 0. The van der Waals surface area contributed by atoms with Gasteiger partial charge in [-0.1, -0.05) is 33.1 Å². The molecule has 6 heteroatoms. The maximum Gasteiger partial charge on any atom is 0.333 e. The summed E-state index contributed by atoms with van der Waals surface area (Å²) in [4.78, 5) is 10.8. The average molecular weight is 282 g/mol. The standard InChI is InChI=1S/C14H26N4O2/c1-5-8-9-12(6-2)10-15-14-13(18(19)20)11(4)16-17(14)7-3/h12,15H,5-10H2,1-4H3. The van der Waals surface area contributed by atoms with E-state index in [0.29, 0.717) is 24.0 Å². The maximum absolute atomic E-state index is 11.2. The Kier molecular flexibility index (Phi) is 6.48. The molecule has 1 unspecified atom stereocenters. The molecular formula is C14H26N4O2. The molecule has 0 bridgehead atoms. The number of anilines is 1. The van der Waals surface area contributed by atoms with E-state index in [0.717, 1.165) is 19.4 Å². The molecule has 1 atom stereocenters. The van der Waals surface area contributed by atoms with E-state index in [9.17, 15) is 10.1 Å². The molecule has 0 spiro atoms. The quantitative estimate of drug-likeness (QED) is 0.553. The van der Waals surface area contributed by atoms with Crippen LogP contribution in [0.25, 0.3) is 0 Å². The molecular weight excluding hydrogens is 256 g/mol. The van der Waals surface area contributed by atoms with Gasteiger partial charge in [-0.25, -0.2) is 4.68 Å². The van der Waals surface area contributed by atoms with Crippen molar-refractivity contribution in [3.63, 3.8) is 0 Å². The number of hydrogen-bond donors (Lipinski definition) is 1. The van der Waals surface area contributed by atoms with Gasteiger partial charge in [-0.3, -0.25) is 10.1 Å². The first kappa shape index (κ1) is 16.5. The fourth-order valence-corrected chi connectivity index (χ4v) is 2.38. The minimum absolute atomic E-state index is 0.109. The third-order valence-corrected chi connectivity index (χ3v) is 3.68. The minimum Gasteiger partial charge on any atom is -0.364 e. The zero-order valence-electron chi connectivity index (χ0n) is 13.0. The van der Waals surface area contributed by atoms with E-state index in [1.54, 1.807) is 11.6 Å². The van der Waals surface area contributed by atoms with Gasteiger partial charge in [0.1, 0.15) is 5.69 Å². The lowest BCUT2D eigenvalue weighted by Crippen LogP contribution is -2.17. The van der Waals surface area contributed by atoms with Gasteiger partial charge in [-0.05, 0) is 26.2 Å². The Balaban J connectivity index is 2.82. The minimum atomic E-state index is -0.343.